The van der Waals surface area contributed by atoms with Crippen molar-refractivity contribution in [3.8, 4) is 22.8 Å². The van der Waals surface area contributed by atoms with Crippen LogP contribution in [0.25, 0.3) is 22.8 Å². The Bertz CT molecular complexity index is 764. The van der Waals surface area contributed by atoms with Crippen LogP contribution in [0.4, 0.5) is 4.39 Å². The monoisotopic (exact) mass is 283 g/mol. The number of hydrogen-bond acceptors (Lipinski definition) is 4. The first-order chi connectivity index (χ1) is 10.2. The Morgan fingerprint density at radius 3 is 2.57 bits per heavy atom. The molecule has 0 fully saturated rings. The van der Waals surface area contributed by atoms with Gasteiger partial charge in [0.1, 0.15) is 11.5 Å². The van der Waals surface area contributed by atoms with Gasteiger partial charge in [0.25, 0.3) is 0 Å². The van der Waals surface area contributed by atoms with E-state index < -0.39 is 0 Å². The van der Waals surface area contributed by atoms with Crippen LogP contribution in [0.3, 0.4) is 0 Å². The fourth-order valence-electron chi connectivity index (χ4n) is 2.06. The Labute approximate surface area is 121 Å². The van der Waals surface area contributed by atoms with E-state index >= 15 is 0 Å². The van der Waals surface area contributed by atoms with Gasteiger partial charge in [-0.2, -0.15) is 5.10 Å². The van der Waals surface area contributed by atoms with E-state index in [0.717, 1.165) is 16.8 Å². The second-order valence-corrected chi connectivity index (χ2v) is 4.65. The minimum atomic E-state index is -0.290. The van der Waals surface area contributed by atoms with Crippen molar-refractivity contribution < 1.29 is 4.39 Å². The number of aryl methyl sites for hydroxylation is 1. The fourth-order valence-corrected chi connectivity index (χ4v) is 2.06. The van der Waals surface area contributed by atoms with Crippen molar-refractivity contribution in [3.63, 3.8) is 0 Å². The third-order valence-corrected chi connectivity index (χ3v) is 3.14. The minimum Gasteiger partial charge on any atom is -0.326 e. The van der Waals surface area contributed by atoms with Crippen molar-refractivity contribution in [1.82, 2.24) is 19.7 Å². The van der Waals surface area contributed by atoms with Crippen molar-refractivity contribution in [2.45, 2.75) is 6.54 Å². The molecule has 0 amide bonds. The minimum absolute atomic E-state index is 0.290. The van der Waals surface area contributed by atoms with Gasteiger partial charge in [-0.05, 0) is 30.3 Å². The van der Waals surface area contributed by atoms with Gasteiger partial charge >= 0.3 is 0 Å². The number of hydrogen-bond donors (Lipinski definition) is 1. The topological polar surface area (TPSA) is 69.6 Å². The molecule has 2 aromatic heterocycles. The lowest BCUT2D eigenvalue weighted by molar-refractivity contribution is 0.628. The number of nitrogens with two attached hydrogens (primary N) is 1. The predicted molar refractivity (Wildman–Crippen MR) is 77.5 cm³/mol. The summed E-state index contributed by atoms with van der Waals surface area (Å²) in [5.74, 6) is 0.232. The second kappa shape index (κ2) is 5.41. The summed E-state index contributed by atoms with van der Waals surface area (Å²) in [5, 5.41) is 4.35. The summed E-state index contributed by atoms with van der Waals surface area (Å²) in [6, 6.07) is 7.94. The molecule has 106 valence electrons. The van der Waals surface area contributed by atoms with Crippen LogP contribution in [0.2, 0.25) is 0 Å². The first-order valence-electron chi connectivity index (χ1n) is 6.49. The van der Waals surface area contributed by atoms with E-state index in [-0.39, 0.29) is 5.82 Å². The molecule has 0 aliphatic carbocycles. The summed E-state index contributed by atoms with van der Waals surface area (Å²) in [6.45, 7) is 0.329. The zero-order valence-corrected chi connectivity index (χ0v) is 11.5. The molecule has 0 aliphatic rings. The summed E-state index contributed by atoms with van der Waals surface area (Å²) in [5.41, 5.74) is 8.75. The lowest BCUT2D eigenvalue weighted by Gasteiger charge is -2.07. The molecule has 0 unspecified atom stereocenters. The molecule has 0 saturated heterocycles. The van der Waals surface area contributed by atoms with Gasteiger partial charge in [0.05, 0.1) is 5.69 Å². The van der Waals surface area contributed by atoms with E-state index in [1.165, 1.54) is 12.1 Å². The molecule has 0 aliphatic heterocycles. The maximum atomic E-state index is 13.0. The lowest BCUT2D eigenvalue weighted by atomic mass is 10.1. The van der Waals surface area contributed by atoms with Crippen molar-refractivity contribution in [3.05, 3.63) is 54.1 Å². The Morgan fingerprint density at radius 2 is 1.95 bits per heavy atom. The van der Waals surface area contributed by atoms with Gasteiger partial charge in [0.15, 0.2) is 5.82 Å². The van der Waals surface area contributed by atoms with Crippen LogP contribution in [-0.2, 0) is 13.6 Å². The standard InChI is InChI=1S/C15H14FN5/c1-21-7-6-13(20-21)14-11(8-17)9-18-15(19-14)10-2-4-12(16)5-3-10/h2-7,9H,8,17H2,1H3. The largest absolute Gasteiger partial charge is 0.326 e. The van der Waals surface area contributed by atoms with E-state index in [1.807, 2.05) is 19.3 Å². The SMILES string of the molecule is Cn1ccc(-c2nc(-c3ccc(F)cc3)ncc2CN)n1. The maximum Gasteiger partial charge on any atom is 0.159 e. The van der Waals surface area contributed by atoms with E-state index in [9.17, 15) is 4.39 Å². The summed E-state index contributed by atoms with van der Waals surface area (Å²) in [6.07, 6.45) is 3.53. The number of benzene rings is 1. The molecule has 6 heteroatoms. The van der Waals surface area contributed by atoms with Gasteiger partial charge in [-0.1, -0.05) is 0 Å². The molecule has 2 heterocycles. The van der Waals surface area contributed by atoms with Crippen LogP contribution >= 0.6 is 0 Å². The number of nitrogens with zero attached hydrogens (tertiary/aromatic N) is 4. The quantitative estimate of drug-likeness (QED) is 0.799. The van der Waals surface area contributed by atoms with Crippen molar-refractivity contribution in [1.29, 1.82) is 0 Å². The number of aromatic nitrogens is 4. The van der Waals surface area contributed by atoms with Gasteiger partial charge in [-0.3, -0.25) is 4.68 Å². The first kappa shape index (κ1) is 13.4. The molecule has 3 aromatic rings. The first-order valence-corrected chi connectivity index (χ1v) is 6.49. The molecule has 0 spiro atoms. The highest BCUT2D eigenvalue weighted by Gasteiger charge is 2.12. The maximum absolute atomic E-state index is 13.0. The molecule has 5 nitrogen and oxygen atoms in total. The van der Waals surface area contributed by atoms with Crippen LogP contribution < -0.4 is 5.73 Å². The number of rotatable bonds is 3. The summed E-state index contributed by atoms with van der Waals surface area (Å²) >= 11 is 0. The lowest BCUT2D eigenvalue weighted by Crippen LogP contribution is -2.04. The van der Waals surface area contributed by atoms with Crippen molar-refractivity contribution >= 4 is 0 Å². The van der Waals surface area contributed by atoms with Crippen molar-refractivity contribution in [2.24, 2.45) is 12.8 Å². The van der Waals surface area contributed by atoms with Gasteiger partial charge in [0.2, 0.25) is 0 Å². The molecule has 3 rings (SSSR count). The van der Waals surface area contributed by atoms with Crippen molar-refractivity contribution in [2.75, 3.05) is 0 Å². The van der Waals surface area contributed by atoms with Gasteiger partial charge < -0.3 is 5.73 Å². The van der Waals surface area contributed by atoms with Gasteiger partial charge in [-0.15, -0.1) is 0 Å². The summed E-state index contributed by atoms with van der Waals surface area (Å²) < 4.78 is 14.7. The third-order valence-electron chi connectivity index (χ3n) is 3.14. The Kier molecular flexibility index (Phi) is 3.45. The van der Waals surface area contributed by atoms with Gasteiger partial charge in [-0.25, -0.2) is 14.4 Å². The molecule has 0 saturated carbocycles. The van der Waals surface area contributed by atoms with Gasteiger partial charge in [0, 0.05) is 37.1 Å². The van der Waals surface area contributed by atoms with E-state index in [4.69, 9.17) is 5.73 Å². The fraction of sp³-hybridized carbons (Fsp3) is 0.133. The normalized spacial score (nSPS) is 10.8. The molecule has 1 aromatic carbocycles. The van der Waals surface area contributed by atoms with Crippen LogP contribution in [0.1, 0.15) is 5.56 Å². The zero-order chi connectivity index (χ0) is 14.8. The predicted octanol–water partition coefficient (Wildman–Crippen LogP) is 2.14. The Hall–Kier alpha value is -2.60. The van der Waals surface area contributed by atoms with E-state index in [2.05, 4.69) is 15.1 Å². The average Bonchev–Trinajstić information content (AvgIpc) is 2.94. The highest BCUT2D eigenvalue weighted by molar-refractivity contribution is 5.63. The second-order valence-electron chi connectivity index (χ2n) is 4.65. The third kappa shape index (κ3) is 2.66. The summed E-state index contributed by atoms with van der Waals surface area (Å²) in [4.78, 5) is 8.83. The van der Waals surface area contributed by atoms with Crippen LogP contribution in [0, 0.1) is 5.82 Å². The molecular weight excluding hydrogens is 269 g/mol. The molecule has 2 N–H and O–H groups in total. The highest BCUT2D eigenvalue weighted by Crippen LogP contribution is 2.23. The zero-order valence-electron chi connectivity index (χ0n) is 11.5. The molecule has 0 bridgehead atoms. The van der Waals surface area contributed by atoms with E-state index in [0.29, 0.717) is 18.1 Å². The highest BCUT2D eigenvalue weighted by atomic mass is 19.1. The molecule has 21 heavy (non-hydrogen) atoms. The molecular formula is C15H14FN5. The van der Waals surface area contributed by atoms with Crippen LogP contribution in [0.15, 0.2) is 42.7 Å². The van der Waals surface area contributed by atoms with E-state index in [1.54, 1.807) is 23.0 Å². The molecule has 0 atom stereocenters. The van der Waals surface area contributed by atoms with Crippen LogP contribution in [0.5, 0.6) is 0 Å². The van der Waals surface area contributed by atoms with Crippen LogP contribution in [-0.4, -0.2) is 19.7 Å². The number of halogens is 1. The Morgan fingerprint density at radius 1 is 1.19 bits per heavy atom. The smallest absolute Gasteiger partial charge is 0.159 e. The Balaban J connectivity index is 2.10. The molecule has 0 radical (unpaired) electrons. The average molecular weight is 283 g/mol. The summed E-state index contributed by atoms with van der Waals surface area (Å²) in [7, 11) is 1.84.